The molecule has 4 N–H and O–H groups in total. The summed E-state index contributed by atoms with van der Waals surface area (Å²) in [5, 5.41) is 39.5. The van der Waals surface area contributed by atoms with E-state index < -0.39 is 0 Å². The van der Waals surface area contributed by atoms with Gasteiger partial charge in [-0.05, 0) is 30.0 Å². The third-order valence-electron chi connectivity index (χ3n) is 4.12. The molecule has 0 fully saturated rings. The molecular formula is C16H16O4. The Morgan fingerprint density at radius 3 is 2.30 bits per heavy atom. The normalized spacial score (nSPS) is 20.9. The lowest BCUT2D eigenvalue weighted by atomic mass is 9.91. The molecule has 1 aliphatic carbocycles. The lowest BCUT2D eigenvalue weighted by Gasteiger charge is -2.16. The first-order valence-electron chi connectivity index (χ1n) is 6.56. The zero-order valence-electron chi connectivity index (χ0n) is 11.0. The minimum Gasteiger partial charge on any atom is -0.504 e. The van der Waals surface area contributed by atoms with Crippen molar-refractivity contribution in [3.05, 3.63) is 47.0 Å². The van der Waals surface area contributed by atoms with Crippen LogP contribution in [0.25, 0.3) is 0 Å². The molecule has 4 heteroatoms. The topological polar surface area (TPSA) is 80.9 Å². The summed E-state index contributed by atoms with van der Waals surface area (Å²) in [7, 11) is 0. The summed E-state index contributed by atoms with van der Waals surface area (Å²) in [6, 6.07) is 8.09. The van der Waals surface area contributed by atoms with E-state index in [1.165, 1.54) is 12.1 Å². The fourth-order valence-electron chi connectivity index (χ4n) is 3.12. The van der Waals surface area contributed by atoms with Crippen LogP contribution in [-0.2, 0) is 0 Å². The number of para-hydroxylation sites is 1. The average molecular weight is 272 g/mol. The largest absolute Gasteiger partial charge is 0.504 e. The van der Waals surface area contributed by atoms with Crippen molar-refractivity contribution in [1.29, 1.82) is 0 Å². The molecule has 3 rings (SSSR count). The van der Waals surface area contributed by atoms with Gasteiger partial charge in [-0.15, -0.1) is 0 Å². The lowest BCUT2D eigenvalue weighted by Crippen LogP contribution is -1.97. The second-order valence-corrected chi connectivity index (χ2v) is 5.34. The maximum absolute atomic E-state index is 10.1. The summed E-state index contributed by atoms with van der Waals surface area (Å²) in [5.74, 6) is -0.673. The van der Waals surface area contributed by atoms with E-state index in [1.807, 2.05) is 6.92 Å². The van der Waals surface area contributed by atoms with Gasteiger partial charge in [-0.25, -0.2) is 0 Å². The standard InChI is InChI=1S/C16H16O4/c1-8-7-11(10-3-2-4-12(17)15(10)19)14-9(8)5-6-13(18)16(14)20/h2-6,8,11,17-20H,7H2,1H3. The van der Waals surface area contributed by atoms with Gasteiger partial charge in [-0.2, -0.15) is 0 Å². The molecule has 20 heavy (non-hydrogen) atoms. The monoisotopic (exact) mass is 272 g/mol. The molecule has 2 aromatic rings. The molecule has 4 nitrogen and oxygen atoms in total. The summed E-state index contributed by atoms with van der Waals surface area (Å²) in [6.45, 7) is 2.04. The van der Waals surface area contributed by atoms with E-state index in [0.717, 1.165) is 5.56 Å². The van der Waals surface area contributed by atoms with Crippen LogP contribution in [0.3, 0.4) is 0 Å². The molecule has 0 aromatic heterocycles. The lowest BCUT2D eigenvalue weighted by molar-refractivity contribution is 0.391. The molecule has 104 valence electrons. The highest BCUT2D eigenvalue weighted by atomic mass is 16.3. The van der Waals surface area contributed by atoms with Gasteiger partial charge in [0, 0.05) is 17.0 Å². The second-order valence-electron chi connectivity index (χ2n) is 5.34. The minimum atomic E-state index is -0.237. The van der Waals surface area contributed by atoms with Gasteiger partial charge in [0.25, 0.3) is 0 Å². The SMILES string of the molecule is CC1CC(c2cccc(O)c2O)c2c1ccc(O)c2O. The molecule has 0 bridgehead atoms. The Balaban J connectivity index is 2.20. The van der Waals surface area contributed by atoms with Crippen LogP contribution in [0.2, 0.25) is 0 Å². The van der Waals surface area contributed by atoms with Crippen LogP contribution >= 0.6 is 0 Å². The van der Waals surface area contributed by atoms with Crippen LogP contribution < -0.4 is 0 Å². The number of phenolic OH excluding ortho intramolecular Hbond substituents is 4. The van der Waals surface area contributed by atoms with Crippen LogP contribution in [0, 0.1) is 0 Å². The third kappa shape index (κ3) is 1.68. The minimum absolute atomic E-state index is 0.139. The fraction of sp³-hybridized carbons (Fsp3) is 0.250. The molecule has 0 saturated carbocycles. The van der Waals surface area contributed by atoms with E-state index in [1.54, 1.807) is 18.2 Å². The Bertz CT molecular complexity index is 678. The zero-order valence-corrected chi connectivity index (χ0v) is 11.0. The molecule has 0 spiro atoms. The average Bonchev–Trinajstić information content (AvgIpc) is 2.75. The smallest absolute Gasteiger partial charge is 0.161 e. The number of hydrogen-bond donors (Lipinski definition) is 4. The number of aromatic hydroxyl groups is 4. The zero-order chi connectivity index (χ0) is 14.4. The van der Waals surface area contributed by atoms with Crippen molar-refractivity contribution in [2.75, 3.05) is 0 Å². The predicted octanol–water partition coefficient (Wildman–Crippen LogP) is 3.15. The van der Waals surface area contributed by atoms with E-state index in [9.17, 15) is 20.4 Å². The molecule has 2 aromatic carbocycles. The quantitative estimate of drug-likeness (QED) is 0.601. The van der Waals surface area contributed by atoms with Crippen molar-refractivity contribution in [2.24, 2.45) is 0 Å². The van der Waals surface area contributed by atoms with E-state index in [4.69, 9.17) is 0 Å². The molecule has 0 amide bonds. The van der Waals surface area contributed by atoms with Crippen LogP contribution in [0.1, 0.15) is 41.9 Å². The molecule has 1 aliphatic rings. The van der Waals surface area contributed by atoms with E-state index in [2.05, 4.69) is 0 Å². The van der Waals surface area contributed by atoms with Crippen LogP contribution in [0.15, 0.2) is 30.3 Å². The first-order valence-corrected chi connectivity index (χ1v) is 6.56. The van der Waals surface area contributed by atoms with Crippen LogP contribution in [0.4, 0.5) is 0 Å². The van der Waals surface area contributed by atoms with Crippen molar-refractivity contribution < 1.29 is 20.4 Å². The number of rotatable bonds is 1. The highest BCUT2D eigenvalue weighted by Crippen LogP contribution is 2.53. The van der Waals surface area contributed by atoms with E-state index >= 15 is 0 Å². The van der Waals surface area contributed by atoms with Gasteiger partial charge < -0.3 is 20.4 Å². The van der Waals surface area contributed by atoms with Crippen LogP contribution in [-0.4, -0.2) is 20.4 Å². The van der Waals surface area contributed by atoms with Gasteiger partial charge >= 0.3 is 0 Å². The number of benzene rings is 2. The van der Waals surface area contributed by atoms with E-state index in [-0.39, 0.29) is 34.8 Å². The van der Waals surface area contributed by atoms with Crippen molar-refractivity contribution in [3.63, 3.8) is 0 Å². The second kappa shape index (κ2) is 4.34. The Hall–Kier alpha value is -2.36. The molecule has 0 saturated heterocycles. The maximum Gasteiger partial charge on any atom is 0.161 e. The van der Waals surface area contributed by atoms with Gasteiger partial charge in [0.2, 0.25) is 0 Å². The molecule has 0 heterocycles. The van der Waals surface area contributed by atoms with Gasteiger partial charge in [0.05, 0.1) is 0 Å². The van der Waals surface area contributed by atoms with Crippen LogP contribution in [0.5, 0.6) is 23.0 Å². The fourth-order valence-corrected chi connectivity index (χ4v) is 3.12. The number of hydrogen-bond acceptors (Lipinski definition) is 4. The first-order chi connectivity index (χ1) is 9.50. The Labute approximate surface area is 116 Å². The van der Waals surface area contributed by atoms with Gasteiger partial charge in [0.1, 0.15) is 0 Å². The molecule has 2 unspecified atom stereocenters. The number of phenols is 4. The third-order valence-corrected chi connectivity index (χ3v) is 4.12. The summed E-state index contributed by atoms with van der Waals surface area (Å²) in [5.41, 5.74) is 2.17. The van der Waals surface area contributed by atoms with Crippen molar-refractivity contribution in [2.45, 2.75) is 25.2 Å². The summed E-state index contributed by atoms with van der Waals surface area (Å²) >= 11 is 0. The first kappa shape index (κ1) is 12.7. The summed E-state index contributed by atoms with van der Waals surface area (Å²) in [4.78, 5) is 0. The highest BCUT2D eigenvalue weighted by molar-refractivity contribution is 5.60. The maximum atomic E-state index is 10.1. The Morgan fingerprint density at radius 1 is 0.850 bits per heavy atom. The molecule has 0 aliphatic heterocycles. The van der Waals surface area contributed by atoms with Gasteiger partial charge in [-0.1, -0.05) is 25.1 Å². The van der Waals surface area contributed by atoms with Gasteiger partial charge in [-0.3, -0.25) is 0 Å². The van der Waals surface area contributed by atoms with Crippen molar-refractivity contribution in [3.8, 4) is 23.0 Å². The highest BCUT2D eigenvalue weighted by Gasteiger charge is 2.34. The molecular weight excluding hydrogens is 256 g/mol. The van der Waals surface area contributed by atoms with Crippen molar-refractivity contribution >= 4 is 0 Å². The predicted molar refractivity (Wildman–Crippen MR) is 74.4 cm³/mol. The van der Waals surface area contributed by atoms with Crippen molar-refractivity contribution in [1.82, 2.24) is 0 Å². The number of fused-ring (bicyclic) bond motifs is 1. The van der Waals surface area contributed by atoms with E-state index in [0.29, 0.717) is 17.5 Å². The molecule has 0 radical (unpaired) electrons. The molecule has 2 atom stereocenters. The Kier molecular flexibility index (Phi) is 2.74. The Morgan fingerprint density at radius 2 is 1.55 bits per heavy atom. The van der Waals surface area contributed by atoms with Gasteiger partial charge in [0.15, 0.2) is 23.0 Å². The summed E-state index contributed by atoms with van der Waals surface area (Å²) in [6.07, 6.45) is 0.712. The summed E-state index contributed by atoms with van der Waals surface area (Å²) < 4.78 is 0.